The molecule has 6 atom stereocenters. The van der Waals surface area contributed by atoms with Crippen molar-refractivity contribution in [2.24, 2.45) is 0 Å². The van der Waals surface area contributed by atoms with Gasteiger partial charge < -0.3 is 39.7 Å². The molecule has 1 aromatic carbocycles. The van der Waals surface area contributed by atoms with Crippen LogP contribution in [0.4, 0.5) is 0 Å². The van der Waals surface area contributed by atoms with Crippen LogP contribution in [-0.4, -0.2) is 74.9 Å². The zero-order chi connectivity index (χ0) is 18.3. The molecule has 2 heterocycles. The highest BCUT2D eigenvalue weighted by molar-refractivity contribution is 5.96. The smallest absolute Gasteiger partial charge is 0.342 e. The van der Waals surface area contributed by atoms with Crippen LogP contribution in [0, 0.1) is 0 Å². The second kappa shape index (κ2) is 6.77. The molecule has 1 saturated heterocycles. The van der Waals surface area contributed by atoms with Gasteiger partial charge in [-0.25, -0.2) is 4.79 Å². The molecular formula is C16H20O9. The minimum Gasteiger partial charge on any atom is -0.507 e. The number of aliphatic hydroxyl groups excluding tert-OH is 4. The van der Waals surface area contributed by atoms with Gasteiger partial charge in [-0.2, -0.15) is 0 Å². The zero-order valence-corrected chi connectivity index (χ0v) is 13.4. The lowest BCUT2D eigenvalue weighted by atomic mass is 9.96. The van der Waals surface area contributed by atoms with Crippen LogP contribution in [0.5, 0.6) is 11.5 Å². The summed E-state index contributed by atoms with van der Waals surface area (Å²) in [6, 6.07) is 2.65. The number of hydrogen-bond acceptors (Lipinski definition) is 9. The van der Waals surface area contributed by atoms with E-state index in [1.807, 2.05) is 0 Å². The topological polar surface area (TPSA) is 146 Å². The second-order valence-corrected chi connectivity index (χ2v) is 6.17. The van der Waals surface area contributed by atoms with Crippen LogP contribution in [0.15, 0.2) is 12.1 Å². The second-order valence-electron chi connectivity index (χ2n) is 6.17. The lowest BCUT2D eigenvalue weighted by molar-refractivity contribution is -0.277. The molecule has 5 N–H and O–H groups in total. The lowest BCUT2D eigenvalue weighted by Crippen LogP contribution is -2.60. The first-order valence-corrected chi connectivity index (χ1v) is 7.86. The number of aliphatic hydroxyl groups is 4. The number of hydrogen-bond donors (Lipinski definition) is 5. The summed E-state index contributed by atoms with van der Waals surface area (Å²) in [6.07, 6.45) is -7.29. The van der Waals surface area contributed by atoms with Crippen molar-refractivity contribution in [1.29, 1.82) is 0 Å². The van der Waals surface area contributed by atoms with Gasteiger partial charge in [-0.15, -0.1) is 0 Å². The van der Waals surface area contributed by atoms with Crippen molar-refractivity contribution in [1.82, 2.24) is 0 Å². The molecule has 2 aliphatic rings. The Labute approximate surface area is 143 Å². The Morgan fingerprint density at radius 2 is 1.92 bits per heavy atom. The summed E-state index contributed by atoms with van der Waals surface area (Å²) in [5.41, 5.74) is 0.362. The van der Waals surface area contributed by atoms with Crippen LogP contribution in [0.3, 0.4) is 0 Å². The minimum atomic E-state index is -1.58. The first kappa shape index (κ1) is 17.9. The van der Waals surface area contributed by atoms with Crippen molar-refractivity contribution >= 4 is 5.97 Å². The van der Waals surface area contributed by atoms with E-state index in [9.17, 15) is 30.3 Å². The Balaban J connectivity index is 1.91. The molecule has 0 aromatic heterocycles. The SMILES string of the molecule is C[C@@H]1Cc2c(O[C@H]3O[C@H](CO)[C@@H](O)[C@H](O)[C@H]3O)ccc(O)c2C(=O)O1. The van der Waals surface area contributed by atoms with Crippen LogP contribution in [0.25, 0.3) is 0 Å². The van der Waals surface area contributed by atoms with Gasteiger partial charge in [0.2, 0.25) is 6.29 Å². The number of rotatable bonds is 3. The Kier molecular flexibility index (Phi) is 4.85. The summed E-state index contributed by atoms with van der Waals surface area (Å²) in [5, 5.41) is 48.8. The monoisotopic (exact) mass is 356 g/mol. The molecule has 9 heteroatoms. The van der Waals surface area contributed by atoms with E-state index in [1.165, 1.54) is 12.1 Å². The highest BCUT2D eigenvalue weighted by Gasteiger charge is 2.45. The molecule has 1 aromatic rings. The number of esters is 1. The van der Waals surface area contributed by atoms with Gasteiger partial charge in [-0.3, -0.25) is 0 Å². The lowest BCUT2D eigenvalue weighted by Gasteiger charge is -2.40. The number of cyclic esters (lactones) is 1. The van der Waals surface area contributed by atoms with Crippen molar-refractivity contribution in [3.8, 4) is 11.5 Å². The Bertz CT molecular complexity index is 659. The van der Waals surface area contributed by atoms with Crippen molar-refractivity contribution in [2.75, 3.05) is 6.61 Å². The van der Waals surface area contributed by atoms with E-state index in [-0.39, 0.29) is 23.5 Å². The van der Waals surface area contributed by atoms with Gasteiger partial charge in [-0.1, -0.05) is 0 Å². The molecule has 9 nitrogen and oxygen atoms in total. The Morgan fingerprint density at radius 1 is 1.20 bits per heavy atom. The average Bonchev–Trinajstić information content (AvgIpc) is 2.57. The van der Waals surface area contributed by atoms with Crippen LogP contribution >= 0.6 is 0 Å². The molecule has 0 amide bonds. The number of phenols is 1. The third-order valence-corrected chi connectivity index (χ3v) is 4.34. The highest BCUT2D eigenvalue weighted by Crippen LogP contribution is 2.36. The van der Waals surface area contributed by atoms with E-state index in [0.29, 0.717) is 5.56 Å². The number of carbonyl (C=O) groups is 1. The minimum absolute atomic E-state index is 0.0276. The molecule has 0 aliphatic carbocycles. The molecule has 0 saturated carbocycles. The summed E-state index contributed by atoms with van der Waals surface area (Å²) in [4.78, 5) is 12.0. The maximum absolute atomic E-state index is 12.0. The summed E-state index contributed by atoms with van der Waals surface area (Å²) in [6.45, 7) is 1.10. The van der Waals surface area contributed by atoms with E-state index in [2.05, 4.69) is 0 Å². The van der Waals surface area contributed by atoms with Gasteiger partial charge >= 0.3 is 5.97 Å². The number of benzene rings is 1. The fraction of sp³-hybridized carbons (Fsp3) is 0.562. The van der Waals surface area contributed by atoms with Crippen LogP contribution in [-0.2, 0) is 15.9 Å². The van der Waals surface area contributed by atoms with Crippen LogP contribution in [0.1, 0.15) is 22.8 Å². The van der Waals surface area contributed by atoms with Gasteiger partial charge in [0.1, 0.15) is 47.6 Å². The van der Waals surface area contributed by atoms with Crippen molar-refractivity contribution in [3.63, 3.8) is 0 Å². The molecule has 0 bridgehead atoms. The van der Waals surface area contributed by atoms with Gasteiger partial charge in [-0.05, 0) is 19.1 Å². The standard InChI is InChI=1S/C16H20O9/c1-6-4-7-9(3-2-8(18)11(7)15(22)23-6)24-16-14(21)13(20)12(19)10(5-17)25-16/h2-3,6,10,12-14,16-21H,4-5H2,1H3/t6-,10-,12-,13+,14-,16+/m1/s1. The number of carbonyl (C=O) groups excluding carboxylic acids is 1. The maximum Gasteiger partial charge on any atom is 0.342 e. The molecular weight excluding hydrogens is 336 g/mol. The molecule has 2 aliphatic heterocycles. The van der Waals surface area contributed by atoms with Crippen LogP contribution < -0.4 is 4.74 Å². The third kappa shape index (κ3) is 3.16. The highest BCUT2D eigenvalue weighted by atomic mass is 16.7. The van der Waals surface area contributed by atoms with Gasteiger partial charge in [0.05, 0.1) is 6.61 Å². The largest absolute Gasteiger partial charge is 0.507 e. The van der Waals surface area contributed by atoms with E-state index in [4.69, 9.17) is 14.2 Å². The number of aromatic hydroxyl groups is 1. The predicted molar refractivity (Wildman–Crippen MR) is 81.1 cm³/mol. The fourth-order valence-electron chi connectivity index (χ4n) is 3.02. The fourth-order valence-corrected chi connectivity index (χ4v) is 3.02. The molecule has 25 heavy (non-hydrogen) atoms. The summed E-state index contributed by atoms with van der Waals surface area (Å²) >= 11 is 0. The van der Waals surface area contributed by atoms with Gasteiger partial charge in [0.25, 0.3) is 0 Å². The summed E-state index contributed by atoms with van der Waals surface area (Å²) in [5.74, 6) is -0.779. The quantitative estimate of drug-likeness (QED) is 0.416. The van der Waals surface area contributed by atoms with E-state index in [1.54, 1.807) is 6.92 Å². The van der Waals surface area contributed by atoms with E-state index >= 15 is 0 Å². The van der Waals surface area contributed by atoms with E-state index in [0.717, 1.165) is 0 Å². The number of phenolic OH excluding ortho intramolecular Hbond substituents is 1. The Hall–Kier alpha value is -1.91. The first-order chi connectivity index (χ1) is 11.8. The third-order valence-electron chi connectivity index (χ3n) is 4.34. The summed E-state index contributed by atoms with van der Waals surface area (Å²) < 4.78 is 16.0. The maximum atomic E-state index is 12.0. The first-order valence-electron chi connectivity index (χ1n) is 7.86. The molecule has 3 rings (SSSR count). The number of fused-ring (bicyclic) bond motifs is 1. The van der Waals surface area contributed by atoms with Crippen molar-refractivity contribution < 1.29 is 44.5 Å². The molecule has 0 spiro atoms. The normalized spacial score (nSPS) is 35.0. The predicted octanol–water partition coefficient (Wildman–Crippen LogP) is -1.33. The molecule has 138 valence electrons. The molecule has 1 fully saturated rings. The molecule has 0 radical (unpaired) electrons. The van der Waals surface area contributed by atoms with Crippen LogP contribution in [0.2, 0.25) is 0 Å². The van der Waals surface area contributed by atoms with E-state index < -0.39 is 49.4 Å². The van der Waals surface area contributed by atoms with Crippen molar-refractivity contribution in [2.45, 2.75) is 50.2 Å². The number of ether oxygens (including phenoxy) is 3. The van der Waals surface area contributed by atoms with Gasteiger partial charge in [0, 0.05) is 12.0 Å². The summed E-state index contributed by atoms with van der Waals surface area (Å²) in [7, 11) is 0. The van der Waals surface area contributed by atoms with Gasteiger partial charge in [0.15, 0.2) is 0 Å². The molecule has 0 unspecified atom stereocenters. The average molecular weight is 356 g/mol. The zero-order valence-electron chi connectivity index (χ0n) is 13.4. The Morgan fingerprint density at radius 3 is 2.60 bits per heavy atom. The van der Waals surface area contributed by atoms with Crippen molar-refractivity contribution in [3.05, 3.63) is 23.3 Å².